The van der Waals surface area contributed by atoms with E-state index in [0.29, 0.717) is 0 Å². The molecule has 2 heteroatoms. The van der Waals surface area contributed by atoms with E-state index in [1.54, 1.807) is 6.92 Å². The summed E-state index contributed by atoms with van der Waals surface area (Å²) in [7, 11) is 0. The first-order valence-corrected chi connectivity index (χ1v) is 6.87. The average molecular weight is 256 g/mol. The maximum Gasteiger partial charge on any atom is 0.306 e. The van der Waals surface area contributed by atoms with E-state index in [1.807, 2.05) is 0 Å². The van der Waals surface area contributed by atoms with Gasteiger partial charge in [0.25, 0.3) is 0 Å². The lowest BCUT2D eigenvalue weighted by Crippen LogP contribution is -2.08. The molecule has 0 amide bonds. The first-order chi connectivity index (χ1) is 9.16. The van der Waals surface area contributed by atoms with Gasteiger partial charge < -0.3 is 5.11 Å². The highest BCUT2D eigenvalue weighted by Crippen LogP contribution is 2.18. The molecule has 1 atom stereocenters. The predicted octanol–water partition coefficient (Wildman–Crippen LogP) is 4.27. The summed E-state index contributed by atoms with van der Waals surface area (Å²) in [5.41, 5.74) is 1.33. The molecule has 2 aromatic carbocycles. The Hall–Kier alpha value is -1.83. The molecule has 1 unspecified atom stereocenters. The van der Waals surface area contributed by atoms with Crippen LogP contribution in [0.3, 0.4) is 0 Å². The van der Waals surface area contributed by atoms with E-state index in [0.717, 1.165) is 25.7 Å². The number of carboxylic acids is 1. The molecule has 0 aliphatic carbocycles. The summed E-state index contributed by atoms with van der Waals surface area (Å²) in [5.74, 6) is -0.915. The number of rotatable bonds is 6. The van der Waals surface area contributed by atoms with Gasteiger partial charge in [-0.15, -0.1) is 0 Å². The van der Waals surface area contributed by atoms with Gasteiger partial charge in [0.2, 0.25) is 0 Å². The number of hydrogen-bond acceptors (Lipinski definition) is 1. The topological polar surface area (TPSA) is 37.3 Å². The van der Waals surface area contributed by atoms with Gasteiger partial charge in [0, 0.05) is 0 Å². The number of hydrogen-bond donors (Lipinski definition) is 1. The third kappa shape index (κ3) is 3.82. The molecule has 2 rings (SSSR count). The van der Waals surface area contributed by atoms with E-state index in [9.17, 15) is 4.79 Å². The van der Waals surface area contributed by atoms with Gasteiger partial charge in [-0.25, -0.2) is 0 Å². The van der Waals surface area contributed by atoms with Crippen molar-refractivity contribution in [2.75, 3.05) is 0 Å². The van der Waals surface area contributed by atoms with E-state index >= 15 is 0 Å². The van der Waals surface area contributed by atoms with Crippen LogP contribution in [0.15, 0.2) is 42.5 Å². The van der Waals surface area contributed by atoms with Crippen molar-refractivity contribution in [3.63, 3.8) is 0 Å². The summed E-state index contributed by atoms with van der Waals surface area (Å²) in [6.07, 6.45) is 3.82. The van der Waals surface area contributed by atoms with Crippen LogP contribution in [0.25, 0.3) is 10.8 Å². The number of unbranched alkanes of at least 4 members (excludes halogenated alkanes) is 1. The number of benzene rings is 2. The van der Waals surface area contributed by atoms with Gasteiger partial charge in [-0.3, -0.25) is 4.79 Å². The Balaban J connectivity index is 1.86. The zero-order valence-corrected chi connectivity index (χ0v) is 11.3. The number of carboxylic acid groups (broad SMARTS) is 1. The highest BCUT2D eigenvalue weighted by molar-refractivity contribution is 5.82. The lowest BCUT2D eigenvalue weighted by Gasteiger charge is -2.06. The van der Waals surface area contributed by atoms with Gasteiger partial charge in [-0.05, 0) is 35.6 Å². The van der Waals surface area contributed by atoms with Crippen LogP contribution in [-0.2, 0) is 11.2 Å². The molecule has 0 aliphatic rings. The van der Waals surface area contributed by atoms with Crippen molar-refractivity contribution < 1.29 is 9.90 Å². The van der Waals surface area contributed by atoms with Crippen molar-refractivity contribution in [2.45, 2.75) is 32.6 Å². The molecule has 19 heavy (non-hydrogen) atoms. The second kappa shape index (κ2) is 6.37. The molecular weight excluding hydrogens is 236 g/mol. The van der Waals surface area contributed by atoms with Crippen LogP contribution >= 0.6 is 0 Å². The molecule has 1 N–H and O–H groups in total. The molecule has 0 aromatic heterocycles. The Morgan fingerprint density at radius 2 is 1.84 bits per heavy atom. The summed E-state index contributed by atoms with van der Waals surface area (Å²) in [4.78, 5) is 10.7. The Kier molecular flexibility index (Phi) is 4.56. The van der Waals surface area contributed by atoms with Gasteiger partial charge in [-0.1, -0.05) is 55.8 Å². The molecule has 0 radical (unpaired) electrons. The molecule has 0 saturated carbocycles. The smallest absolute Gasteiger partial charge is 0.306 e. The molecule has 2 nitrogen and oxygen atoms in total. The van der Waals surface area contributed by atoms with Crippen LogP contribution in [0, 0.1) is 5.92 Å². The molecule has 100 valence electrons. The summed E-state index contributed by atoms with van der Waals surface area (Å²) in [6, 6.07) is 14.9. The lowest BCUT2D eigenvalue weighted by molar-refractivity contribution is -0.141. The van der Waals surface area contributed by atoms with E-state index in [1.165, 1.54) is 16.3 Å². The average Bonchev–Trinajstić information content (AvgIpc) is 2.43. The number of aliphatic carboxylic acids is 1. The molecule has 0 saturated heterocycles. The highest BCUT2D eigenvalue weighted by atomic mass is 16.4. The minimum atomic E-state index is -0.689. The fraction of sp³-hybridized carbons (Fsp3) is 0.353. The van der Waals surface area contributed by atoms with Crippen molar-refractivity contribution in [1.82, 2.24) is 0 Å². The van der Waals surface area contributed by atoms with Crippen LogP contribution in [0.1, 0.15) is 31.7 Å². The summed E-state index contributed by atoms with van der Waals surface area (Å²) >= 11 is 0. The third-order valence-electron chi connectivity index (χ3n) is 3.59. The van der Waals surface area contributed by atoms with Crippen LogP contribution in [0.4, 0.5) is 0 Å². The van der Waals surface area contributed by atoms with E-state index in [4.69, 9.17) is 5.11 Å². The maximum atomic E-state index is 10.7. The number of carbonyl (C=O) groups is 1. The Labute approximate surface area is 114 Å². The monoisotopic (exact) mass is 256 g/mol. The normalized spacial score (nSPS) is 12.5. The lowest BCUT2D eigenvalue weighted by atomic mass is 9.99. The van der Waals surface area contributed by atoms with E-state index in [-0.39, 0.29) is 5.92 Å². The summed E-state index contributed by atoms with van der Waals surface area (Å²) in [5, 5.41) is 11.4. The van der Waals surface area contributed by atoms with Gasteiger partial charge in [0.1, 0.15) is 0 Å². The molecule has 0 aliphatic heterocycles. The number of aryl methyl sites for hydroxylation is 1. The van der Waals surface area contributed by atoms with Gasteiger partial charge in [-0.2, -0.15) is 0 Å². The molecule has 0 heterocycles. The largest absolute Gasteiger partial charge is 0.481 e. The maximum absolute atomic E-state index is 10.7. The van der Waals surface area contributed by atoms with Crippen LogP contribution in [0.5, 0.6) is 0 Å². The SMILES string of the molecule is CC(CCCCc1ccc2ccccc2c1)C(=O)O. The van der Waals surface area contributed by atoms with E-state index < -0.39 is 5.97 Å². The number of fused-ring (bicyclic) bond motifs is 1. The van der Waals surface area contributed by atoms with Crippen molar-refractivity contribution in [3.8, 4) is 0 Å². The standard InChI is InChI=1S/C17H20O2/c1-13(17(18)19)6-2-3-7-14-10-11-15-8-4-5-9-16(15)12-14/h4-5,8-13H,2-3,6-7H2,1H3,(H,18,19). The fourth-order valence-corrected chi connectivity index (χ4v) is 2.30. The summed E-state index contributed by atoms with van der Waals surface area (Å²) in [6.45, 7) is 1.78. The second-order valence-electron chi connectivity index (χ2n) is 5.17. The van der Waals surface area contributed by atoms with Crippen molar-refractivity contribution in [3.05, 3.63) is 48.0 Å². The Morgan fingerprint density at radius 1 is 1.11 bits per heavy atom. The quantitative estimate of drug-likeness (QED) is 0.783. The van der Waals surface area contributed by atoms with E-state index in [2.05, 4.69) is 42.5 Å². The summed E-state index contributed by atoms with van der Waals surface area (Å²) < 4.78 is 0. The minimum absolute atomic E-state index is 0.225. The van der Waals surface area contributed by atoms with Gasteiger partial charge in [0.15, 0.2) is 0 Å². The zero-order valence-electron chi connectivity index (χ0n) is 11.3. The fourth-order valence-electron chi connectivity index (χ4n) is 2.30. The molecule has 0 spiro atoms. The first-order valence-electron chi connectivity index (χ1n) is 6.87. The molecule has 0 fully saturated rings. The van der Waals surface area contributed by atoms with Crippen LogP contribution < -0.4 is 0 Å². The minimum Gasteiger partial charge on any atom is -0.481 e. The molecule has 2 aromatic rings. The van der Waals surface area contributed by atoms with Crippen molar-refractivity contribution in [1.29, 1.82) is 0 Å². The molecular formula is C17H20O2. The van der Waals surface area contributed by atoms with Crippen LogP contribution in [-0.4, -0.2) is 11.1 Å². The predicted molar refractivity (Wildman–Crippen MR) is 78.3 cm³/mol. The third-order valence-corrected chi connectivity index (χ3v) is 3.59. The van der Waals surface area contributed by atoms with Crippen molar-refractivity contribution >= 4 is 16.7 Å². The highest BCUT2D eigenvalue weighted by Gasteiger charge is 2.09. The van der Waals surface area contributed by atoms with Gasteiger partial charge >= 0.3 is 5.97 Å². The van der Waals surface area contributed by atoms with Crippen LogP contribution in [0.2, 0.25) is 0 Å². The second-order valence-corrected chi connectivity index (χ2v) is 5.17. The zero-order chi connectivity index (χ0) is 13.7. The Bertz CT molecular complexity index is 560. The molecule has 0 bridgehead atoms. The Morgan fingerprint density at radius 3 is 2.58 bits per heavy atom. The first kappa shape index (κ1) is 13.6. The van der Waals surface area contributed by atoms with Crippen molar-refractivity contribution in [2.24, 2.45) is 5.92 Å². The van der Waals surface area contributed by atoms with Gasteiger partial charge in [0.05, 0.1) is 5.92 Å².